The summed E-state index contributed by atoms with van der Waals surface area (Å²) >= 11 is 0. The van der Waals surface area contributed by atoms with Crippen molar-refractivity contribution in [3.05, 3.63) is 11.9 Å². The fraction of sp³-hybridized carbons (Fsp3) is 0.692. The summed E-state index contributed by atoms with van der Waals surface area (Å²) in [4.78, 5) is 11.3. The fourth-order valence-corrected chi connectivity index (χ4v) is 2.44. The first kappa shape index (κ1) is 13.1. The number of rotatable bonds is 4. The Bertz CT molecular complexity index is 398. The molecule has 3 N–H and O–H groups in total. The van der Waals surface area contributed by atoms with Gasteiger partial charge in [0.05, 0.1) is 0 Å². The topological polar surface area (TPSA) is 67.1 Å². The molecule has 0 radical (unpaired) electrons. The lowest BCUT2D eigenvalue weighted by Gasteiger charge is -2.26. The fourth-order valence-electron chi connectivity index (χ4n) is 2.44. The predicted molar refractivity (Wildman–Crippen MR) is 74.6 cm³/mol. The smallest absolute Gasteiger partial charge is 0.145 e. The Balaban J connectivity index is 2.27. The van der Waals surface area contributed by atoms with E-state index in [0.29, 0.717) is 17.8 Å². The molecule has 0 saturated heterocycles. The third-order valence-electron chi connectivity index (χ3n) is 3.63. The van der Waals surface area contributed by atoms with Crippen LogP contribution in [0.2, 0.25) is 0 Å². The van der Waals surface area contributed by atoms with E-state index in [1.165, 1.54) is 25.7 Å². The van der Waals surface area contributed by atoms with Gasteiger partial charge in [-0.1, -0.05) is 26.7 Å². The Morgan fingerprint density at radius 3 is 2.56 bits per heavy atom. The molecule has 0 spiro atoms. The van der Waals surface area contributed by atoms with Crippen LogP contribution in [0.15, 0.2) is 6.07 Å². The van der Waals surface area contributed by atoms with Gasteiger partial charge >= 0.3 is 0 Å². The minimum atomic E-state index is 0.300. The number of nitrogen functional groups attached to an aromatic ring is 1. The Morgan fingerprint density at radius 1 is 1.33 bits per heavy atom. The van der Waals surface area contributed by atoms with Crippen LogP contribution in [-0.4, -0.2) is 23.1 Å². The van der Waals surface area contributed by atoms with E-state index in [1.807, 2.05) is 6.07 Å². The first-order valence-electron chi connectivity index (χ1n) is 6.70. The summed E-state index contributed by atoms with van der Waals surface area (Å²) in [5.41, 5.74) is 2.63. The summed E-state index contributed by atoms with van der Waals surface area (Å²) in [5.74, 6) is 8.28. The molecular formula is C13H23N5. The average Bonchev–Trinajstić information content (AvgIpc) is 2.91. The van der Waals surface area contributed by atoms with Crippen molar-refractivity contribution in [1.82, 2.24) is 9.97 Å². The molecule has 2 rings (SSSR count). The molecule has 0 bridgehead atoms. The molecule has 1 fully saturated rings. The third-order valence-corrected chi connectivity index (χ3v) is 3.63. The van der Waals surface area contributed by atoms with E-state index in [1.54, 1.807) is 0 Å². The largest absolute Gasteiger partial charge is 0.357 e. The molecule has 0 unspecified atom stereocenters. The van der Waals surface area contributed by atoms with E-state index in [4.69, 9.17) is 5.84 Å². The predicted octanol–water partition coefficient (Wildman–Crippen LogP) is 2.26. The highest BCUT2D eigenvalue weighted by Crippen LogP contribution is 2.27. The minimum absolute atomic E-state index is 0.300. The van der Waals surface area contributed by atoms with Gasteiger partial charge < -0.3 is 10.3 Å². The normalized spacial score (nSPS) is 16.3. The number of hydrazine groups is 1. The van der Waals surface area contributed by atoms with Crippen LogP contribution in [0, 0.1) is 0 Å². The SMILES string of the molecule is CC(C)c1nc(NN)cc(N(C)C2CCCC2)n1. The van der Waals surface area contributed by atoms with Gasteiger partial charge in [-0.25, -0.2) is 15.8 Å². The van der Waals surface area contributed by atoms with E-state index in [-0.39, 0.29) is 0 Å². The van der Waals surface area contributed by atoms with E-state index >= 15 is 0 Å². The molecular weight excluding hydrogens is 226 g/mol. The van der Waals surface area contributed by atoms with Crippen LogP contribution in [0.25, 0.3) is 0 Å². The molecule has 18 heavy (non-hydrogen) atoms. The third kappa shape index (κ3) is 2.72. The number of nitrogens with two attached hydrogens (primary N) is 1. The number of nitrogens with zero attached hydrogens (tertiary/aromatic N) is 3. The van der Waals surface area contributed by atoms with Crippen LogP contribution in [0.1, 0.15) is 51.3 Å². The van der Waals surface area contributed by atoms with E-state index in [0.717, 1.165) is 11.6 Å². The van der Waals surface area contributed by atoms with Crippen molar-refractivity contribution in [2.45, 2.75) is 51.5 Å². The van der Waals surface area contributed by atoms with Crippen molar-refractivity contribution in [2.75, 3.05) is 17.4 Å². The van der Waals surface area contributed by atoms with Crippen molar-refractivity contribution in [3.63, 3.8) is 0 Å². The molecule has 5 nitrogen and oxygen atoms in total. The van der Waals surface area contributed by atoms with Crippen LogP contribution < -0.4 is 16.2 Å². The van der Waals surface area contributed by atoms with E-state index < -0.39 is 0 Å². The summed E-state index contributed by atoms with van der Waals surface area (Å²) in [5, 5.41) is 0. The molecule has 0 atom stereocenters. The second-order valence-corrected chi connectivity index (χ2v) is 5.32. The molecule has 1 aromatic heterocycles. The molecule has 1 aliphatic rings. The summed E-state index contributed by atoms with van der Waals surface area (Å²) in [6.45, 7) is 4.18. The van der Waals surface area contributed by atoms with Crippen molar-refractivity contribution in [2.24, 2.45) is 5.84 Å². The van der Waals surface area contributed by atoms with Gasteiger partial charge in [0.1, 0.15) is 17.5 Å². The van der Waals surface area contributed by atoms with Gasteiger partial charge in [0, 0.05) is 25.1 Å². The van der Waals surface area contributed by atoms with Crippen LogP contribution in [0.4, 0.5) is 11.6 Å². The molecule has 1 heterocycles. The molecule has 5 heteroatoms. The lowest BCUT2D eigenvalue weighted by molar-refractivity contribution is 0.640. The minimum Gasteiger partial charge on any atom is -0.357 e. The lowest BCUT2D eigenvalue weighted by atomic mass is 10.2. The van der Waals surface area contributed by atoms with Crippen LogP contribution in [0.5, 0.6) is 0 Å². The van der Waals surface area contributed by atoms with Crippen molar-refractivity contribution in [1.29, 1.82) is 0 Å². The van der Waals surface area contributed by atoms with Gasteiger partial charge in [-0.05, 0) is 12.8 Å². The molecule has 0 aromatic carbocycles. The van der Waals surface area contributed by atoms with Gasteiger partial charge in [0.2, 0.25) is 0 Å². The summed E-state index contributed by atoms with van der Waals surface area (Å²) in [7, 11) is 2.11. The zero-order chi connectivity index (χ0) is 13.1. The number of hydrogen-bond acceptors (Lipinski definition) is 5. The van der Waals surface area contributed by atoms with Gasteiger partial charge in [-0.3, -0.25) is 0 Å². The second-order valence-electron chi connectivity index (χ2n) is 5.32. The van der Waals surface area contributed by atoms with Crippen molar-refractivity contribution in [3.8, 4) is 0 Å². The second kappa shape index (κ2) is 5.52. The van der Waals surface area contributed by atoms with Gasteiger partial charge in [-0.2, -0.15) is 0 Å². The summed E-state index contributed by atoms with van der Waals surface area (Å²) in [6.07, 6.45) is 5.14. The molecule has 1 aliphatic carbocycles. The van der Waals surface area contributed by atoms with Crippen molar-refractivity contribution < 1.29 is 0 Å². The zero-order valence-corrected chi connectivity index (χ0v) is 11.5. The van der Waals surface area contributed by atoms with Crippen molar-refractivity contribution >= 4 is 11.6 Å². The average molecular weight is 249 g/mol. The first-order chi connectivity index (χ1) is 8.61. The monoisotopic (exact) mass is 249 g/mol. The molecule has 0 amide bonds. The maximum atomic E-state index is 5.48. The Hall–Kier alpha value is -1.36. The zero-order valence-electron chi connectivity index (χ0n) is 11.5. The van der Waals surface area contributed by atoms with E-state index in [9.17, 15) is 0 Å². The highest BCUT2D eigenvalue weighted by Gasteiger charge is 2.21. The highest BCUT2D eigenvalue weighted by molar-refractivity contribution is 5.49. The summed E-state index contributed by atoms with van der Waals surface area (Å²) in [6, 6.07) is 2.52. The molecule has 1 saturated carbocycles. The van der Waals surface area contributed by atoms with Crippen LogP contribution in [-0.2, 0) is 0 Å². The van der Waals surface area contributed by atoms with Crippen LogP contribution in [0.3, 0.4) is 0 Å². The maximum Gasteiger partial charge on any atom is 0.145 e. The van der Waals surface area contributed by atoms with Crippen LogP contribution >= 0.6 is 0 Å². The molecule has 1 aromatic rings. The van der Waals surface area contributed by atoms with Gasteiger partial charge in [0.25, 0.3) is 0 Å². The number of aromatic nitrogens is 2. The van der Waals surface area contributed by atoms with Gasteiger partial charge in [0.15, 0.2) is 0 Å². The number of nitrogens with one attached hydrogen (secondary N) is 1. The number of anilines is 2. The lowest BCUT2D eigenvalue weighted by Crippen LogP contribution is -2.30. The van der Waals surface area contributed by atoms with E-state index in [2.05, 4.69) is 41.2 Å². The number of hydrogen-bond donors (Lipinski definition) is 2. The Morgan fingerprint density at radius 2 is 2.00 bits per heavy atom. The maximum absolute atomic E-state index is 5.48. The first-order valence-corrected chi connectivity index (χ1v) is 6.70. The Kier molecular flexibility index (Phi) is 4.01. The standard InChI is InChI=1S/C13H23N5/c1-9(2)13-15-11(17-14)8-12(16-13)18(3)10-6-4-5-7-10/h8-10H,4-7,14H2,1-3H3,(H,15,16,17). The Labute approximate surface area is 109 Å². The summed E-state index contributed by atoms with van der Waals surface area (Å²) < 4.78 is 0. The molecule has 0 aliphatic heterocycles. The highest BCUT2D eigenvalue weighted by atomic mass is 15.3. The van der Waals surface area contributed by atoms with Gasteiger partial charge in [-0.15, -0.1) is 0 Å². The quantitative estimate of drug-likeness (QED) is 0.633. The molecule has 100 valence electrons.